The minimum absolute atomic E-state index is 0.0145. The lowest BCUT2D eigenvalue weighted by atomic mass is 9.98. The smallest absolute Gasteiger partial charge is 0.309 e. The molecule has 1 fully saturated rings. The number of imidazole rings is 1. The van der Waals surface area contributed by atoms with Gasteiger partial charge in [0.2, 0.25) is 5.78 Å². The summed E-state index contributed by atoms with van der Waals surface area (Å²) in [6, 6.07) is 8.66. The van der Waals surface area contributed by atoms with Crippen molar-refractivity contribution in [2.45, 2.75) is 37.8 Å². The molecule has 9 heteroatoms. The van der Waals surface area contributed by atoms with E-state index in [9.17, 15) is 18.0 Å². The lowest BCUT2D eigenvalue weighted by Crippen LogP contribution is -2.41. The van der Waals surface area contributed by atoms with Crippen molar-refractivity contribution in [3.05, 3.63) is 47.9 Å². The van der Waals surface area contributed by atoms with E-state index in [4.69, 9.17) is 4.74 Å². The Balaban J connectivity index is 1.57. The van der Waals surface area contributed by atoms with E-state index in [2.05, 4.69) is 4.98 Å². The second-order valence-corrected chi connectivity index (χ2v) is 9.11. The summed E-state index contributed by atoms with van der Waals surface area (Å²) < 4.78 is 33.8. The molecule has 1 atom stereocenters. The predicted molar refractivity (Wildman–Crippen MR) is 106 cm³/mol. The molecule has 3 rings (SSSR count). The molecule has 1 saturated heterocycles. The molecule has 0 amide bonds. The largest absolute Gasteiger partial charge is 0.454 e. The standard InChI is InChI=1S/C20H25N3O5S/c1-14(19(24)16-7-5-4-6-8-16)28-20(25)17-9-11-23(12-10-17)29(26,27)18-13-22(3)15(2)21-18/h4-8,13-14,17H,9-12H2,1-3H3. The summed E-state index contributed by atoms with van der Waals surface area (Å²) in [6.07, 6.45) is 1.29. The number of carbonyl (C=O) groups excluding carboxylic acids is 2. The minimum atomic E-state index is -3.69. The molecule has 0 radical (unpaired) electrons. The molecular weight excluding hydrogens is 394 g/mol. The second-order valence-electron chi connectivity index (χ2n) is 7.23. The van der Waals surface area contributed by atoms with Crippen LogP contribution in [0.3, 0.4) is 0 Å². The highest BCUT2D eigenvalue weighted by atomic mass is 32.2. The second kappa shape index (κ2) is 8.46. The predicted octanol–water partition coefficient (Wildman–Crippen LogP) is 1.94. The first-order chi connectivity index (χ1) is 13.7. The van der Waals surface area contributed by atoms with E-state index in [0.29, 0.717) is 24.2 Å². The van der Waals surface area contributed by atoms with Crippen molar-refractivity contribution in [3.8, 4) is 0 Å². The summed E-state index contributed by atoms with van der Waals surface area (Å²) in [5.41, 5.74) is 0.486. The van der Waals surface area contributed by atoms with E-state index in [1.165, 1.54) is 10.5 Å². The maximum absolute atomic E-state index is 12.7. The molecule has 1 aliphatic heterocycles. The van der Waals surface area contributed by atoms with Gasteiger partial charge in [-0.15, -0.1) is 0 Å². The van der Waals surface area contributed by atoms with Crippen LogP contribution in [0.2, 0.25) is 0 Å². The number of hydrogen-bond donors (Lipinski definition) is 0. The van der Waals surface area contributed by atoms with Crippen LogP contribution in [0.25, 0.3) is 0 Å². The lowest BCUT2D eigenvalue weighted by Gasteiger charge is -2.30. The number of carbonyl (C=O) groups is 2. The highest BCUT2D eigenvalue weighted by molar-refractivity contribution is 7.89. The van der Waals surface area contributed by atoms with Crippen LogP contribution in [0.4, 0.5) is 0 Å². The summed E-state index contributed by atoms with van der Waals surface area (Å²) in [4.78, 5) is 28.9. The van der Waals surface area contributed by atoms with E-state index < -0.39 is 28.0 Å². The van der Waals surface area contributed by atoms with E-state index in [1.807, 2.05) is 6.07 Å². The van der Waals surface area contributed by atoms with Crippen molar-refractivity contribution in [3.63, 3.8) is 0 Å². The third-order valence-corrected chi connectivity index (χ3v) is 6.97. The number of ketones is 1. The minimum Gasteiger partial charge on any atom is -0.454 e. The summed E-state index contributed by atoms with van der Waals surface area (Å²) in [5.74, 6) is -0.547. The van der Waals surface area contributed by atoms with Gasteiger partial charge in [-0.3, -0.25) is 9.59 Å². The van der Waals surface area contributed by atoms with E-state index >= 15 is 0 Å². The van der Waals surface area contributed by atoms with Gasteiger partial charge in [0.1, 0.15) is 5.82 Å². The number of sulfonamides is 1. The highest BCUT2D eigenvalue weighted by Crippen LogP contribution is 2.25. The van der Waals surface area contributed by atoms with Crippen molar-refractivity contribution in [1.82, 2.24) is 13.9 Å². The van der Waals surface area contributed by atoms with Gasteiger partial charge in [0, 0.05) is 31.9 Å². The zero-order valence-corrected chi connectivity index (χ0v) is 17.6. The van der Waals surface area contributed by atoms with Gasteiger partial charge in [0.25, 0.3) is 10.0 Å². The maximum Gasteiger partial charge on any atom is 0.309 e. The quantitative estimate of drug-likeness (QED) is 0.524. The van der Waals surface area contributed by atoms with Crippen molar-refractivity contribution in [2.75, 3.05) is 13.1 Å². The number of ether oxygens (including phenoxy) is 1. The first kappa shape index (κ1) is 21.2. The monoisotopic (exact) mass is 419 g/mol. The van der Waals surface area contributed by atoms with Gasteiger partial charge in [-0.2, -0.15) is 4.31 Å². The summed E-state index contributed by atoms with van der Waals surface area (Å²) in [5, 5.41) is 0.0145. The molecule has 0 saturated carbocycles. The van der Waals surface area contributed by atoms with Crippen LogP contribution >= 0.6 is 0 Å². The molecule has 8 nitrogen and oxygen atoms in total. The number of hydrogen-bond acceptors (Lipinski definition) is 6. The van der Waals surface area contributed by atoms with E-state index in [1.54, 1.807) is 49.7 Å². The van der Waals surface area contributed by atoms with Crippen LogP contribution in [-0.4, -0.2) is 53.2 Å². The molecule has 29 heavy (non-hydrogen) atoms. The Morgan fingerprint density at radius 3 is 2.34 bits per heavy atom. The molecular formula is C20H25N3O5S. The van der Waals surface area contributed by atoms with Gasteiger partial charge in [-0.25, -0.2) is 13.4 Å². The van der Waals surface area contributed by atoms with Gasteiger partial charge >= 0.3 is 5.97 Å². The molecule has 0 spiro atoms. The summed E-state index contributed by atoms with van der Waals surface area (Å²) >= 11 is 0. The Kier molecular flexibility index (Phi) is 6.18. The highest BCUT2D eigenvalue weighted by Gasteiger charge is 2.35. The number of rotatable bonds is 6. The average molecular weight is 420 g/mol. The van der Waals surface area contributed by atoms with Crippen LogP contribution in [0.1, 0.15) is 35.9 Å². The zero-order chi connectivity index (χ0) is 21.2. The van der Waals surface area contributed by atoms with Gasteiger partial charge in [0.05, 0.1) is 5.92 Å². The molecule has 0 aliphatic carbocycles. The third kappa shape index (κ3) is 4.56. The SMILES string of the molecule is Cc1nc(S(=O)(=O)N2CCC(C(=O)OC(C)C(=O)c3ccccc3)CC2)cn1C. The first-order valence-corrected chi connectivity index (χ1v) is 10.9. The molecule has 2 aromatic rings. The van der Waals surface area contributed by atoms with Crippen LogP contribution < -0.4 is 0 Å². The van der Waals surface area contributed by atoms with Gasteiger partial charge in [-0.1, -0.05) is 30.3 Å². The van der Waals surface area contributed by atoms with Crippen LogP contribution in [0, 0.1) is 12.8 Å². The van der Waals surface area contributed by atoms with Crippen molar-refractivity contribution in [2.24, 2.45) is 13.0 Å². The number of aryl methyl sites for hydroxylation is 2. The average Bonchev–Trinajstić information content (AvgIpc) is 3.07. The Labute approximate surface area is 170 Å². The van der Waals surface area contributed by atoms with Crippen LogP contribution in [-0.2, 0) is 26.6 Å². The number of aromatic nitrogens is 2. The van der Waals surface area contributed by atoms with Crippen molar-refractivity contribution in [1.29, 1.82) is 0 Å². The summed E-state index contributed by atoms with van der Waals surface area (Å²) in [6.45, 7) is 3.70. The fourth-order valence-corrected chi connectivity index (χ4v) is 4.77. The Bertz CT molecular complexity index is 973. The van der Waals surface area contributed by atoms with Crippen LogP contribution in [0.5, 0.6) is 0 Å². The first-order valence-electron chi connectivity index (χ1n) is 9.50. The van der Waals surface area contributed by atoms with Crippen LogP contribution in [0.15, 0.2) is 41.6 Å². The molecule has 1 aromatic heterocycles. The number of piperidine rings is 1. The van der Waals surface area contributed by atoms with Gasteiger partial charge < -0.3 is 9.30 Å². The molecule has 1 aliphatic rings. The Morgan fingerprint density at radius 1 is 1.17 bits per heavy atom. The fourth-order valence-electron chi connectivity index (χ4n) is 3.28. The fraction of sp³-hybridized carbons (Fsp3) is 0.450. The number of benzene rings is 1. The molecule has 0 bridgehead atoms. The normalized spacial score (nSPS) is 17.1. The zero-order valence-electron chi connectivity index (χ0n) is 16.7. The Morgan fingerprint density at radius 2 is 1.79 bits per heavy atom. The summed E-state index contributed by atoms with van der Waals surface area (Å²) in [7, 11) is -1.95. The number of esters is 1. The third-order valence-electron chi connectivity index (χ3n) is 5.20. The molecule has 1 aromatic carbocycles. The number of Topliss-reactive ketones (excluding diaryl/α,β-unsaturated/α-hetero) is 1. The van der Waals surface area contributed by atoms with Gasteiger partial charge in [0.15, 0.2) is 11.1 Å². The molecule has 0 N–H and O–H groups in total. The van der Waals surface area contributed by atoms with Gasteiger partial charge in [-0.05, 0) is 26.7 Å². The topological polar surface area (TPSA) is 98.6 Å². The van der Waals surface area contributed by atoms with Crippen molar-refractivity contribution >= 4 is 21.8 Å². The van der Waals surface area contributed by atoms with E-state index in [-0.39, 0.29) is 23.9 Å². The number of nitrogens with zero attached hydrogens (tertiary/aromatic N) is 3. The molecule has 2 heterocycles. The lowest BCUT2D eigenvalue weighted by molar-refractivity contribution is -0.152. The molecule has 1 unspecified atom stereocenters. The van der Waals surface area contributed by atoms with E-state index in [0.717, 1.165) is 0 Å². The Hall–Kier alpha value is -2.52. The van der Waals surface area contributed by atoms with Crippen molar-refractivity contribution < 1.29 is 22.7 Å². The maximum atomic E-state index is 12.7. The molecule has 156 valence electrons.